The van der Waals surface area contributed by atoms with E-state index in [9.17, 15) is 18.0 Å². The predicted molar refractivity (Wildman–Crippen MR) is 115 cm³/mol. The Morgan fingerprint density at radius 3 is 2.40 bits per heavy atom. The number of rotatable bonds is 5. The van der Waals surface area contributed by atoms with Crippen molar-refractivity contribution in [3.8, 4) is 0 Å². The highest BCUT2D eigenvalue weighted by Crippen LogP contribution is 2.28. The molecule has 0 radical (unpaired) electrons. The number of hydrogen-bond acceptors (Lipinski definition) is 4. The van der Waals surface area contributed by atoms with E-state index in [0.29, 0.717) is 23.4 Å². The third-order valence-electron chi connectivity index (χ3n) is 6.15. The molecular weight excluding hydrogens is 402 g/mol. The molecule has 7 nitrogen and oxygen atoms in total. The first kappa shape index (κ1) is 22.7. The van der Waals surface area contributed by atoms with Gasteiger partial charge in [0.25, 0.3) is 0 Å². The summed E-state index contributed by atoms with van der Waals surface area (Å²) in [4.78, 5) is 24.9. The van der Waals surface area contributed by atoms with E-state index < -0.39 is 21.8 Å². The zero-order valence-corrected chi connectivity index (χ0v) is 18.8. The lowest BCUT2D eigenvalue weighted by Crippen LogP contribution is -2.48. The van der Waals surface area contributed by atoms with Crippen molar-refractivity contribution in [1.82, 2.24) is 14.9 Å². The van der Waals surface area contributed by atoms with Gasteiger partial charge in [-0.2, -0.15) is 4.31 Å². The van der Waals surface area contributed by atoms with Gasteiger partial charge in [-0.05, 0) is 56.7 Å². The summed E-state index contributed by atoms with van der Waals surface area (Å²) in [5, 5.41) is 5.48. The Morgan fingerprint density at radius 1 is 1.00 bits per heavy atom. The molecule has 1 heterocycles. The molecule has 1 aliphatic heterocycles. The van der Waals surface area contributed by atoms with Crippen LogP contribution in [0.1, 0.15) is 62.5 Å². The number of sulfonamides is 1. The van der Waals surface area contributed by atoms with Gasteiger partial charge in [-0.1, -0.05) is 37.8 Å². The summed E-state index contributed by atoms with van der Waals surface area (Å²) in [5.41, 5.74) is 1.59. The van der Waals surface area contributed by atoms with Gasteiger partial charge < -0.3 is 10.6 Å². The van der Waals surface area contributed by atoms with E-state index in [1.54, 1.807) is 13.0 Å². The van der Waals surface area contributed by atoms with E-state index in [0.717, 1.165) is 37.7 Å². The van der Waals surface area contributed by atoms with Crippen LogP contribution in [-0.2, 0) is 19.6 Å². The van der Waals surface area contributed by atoms with Crippen molar-refractivity contribution in [2.24, 2.45) is 0 Å². The predicted octanol–water partition coefficient (Wildman–Crippen LogP) is 2.41. The second-order valence-electron chi connectivity index (χ2n) is 8.55. The number of aryl methyl sites for hydroxylation is 2. The molecule has 2 aliphatic rings. The Balaban J connectivity index is 1.60. The van der Waals surface area contributed by atoms with E-state index in [-0.39, 0.29) is 18.6 Å². The molecule has 1 aromatic rings. The van der Waals surface area contributed by atoms with Crippen molar-refractivity contribution in [2.45, 2.75) is 82.2 Å². The smallest absolute Gasteiger partial charge is 0.309 e. The molecule has 1 saturated heterocycles. The second-order valence-corrected chi connectivity index (χ2v) is 10.4. The summed E-state index contributed by atoms with van der Waals surface area (Å²) >= 11 is 0. The highest BCUT2D eigenvalue weighted by molar-refractivity contribution is 7.89. The van der Waals surface area contributed by atoms with Crippen LogP contribution < -0.4 is 10.6 Å². The quantitative estimate of drug-likeness (QED) is 0.548. The van der Waals surface area contributed by atoms with Crippen LogP contribution in [0, 0.1) is 13.8 Å². The average Bonchev–Trinajstić information content (AvgIpc) is 3.05. The Morgan fingerprint density at radius 2 is 1.70 bits per heavy atom. The van der Waals surface area contributed by atoms with Crippen LogP contribution in [0.15, 0.2) is 23.1 Å². The number of nitrogens with zero attached hydrogens (tertiary/aromatic N) is 1. The third kappa shape index (κ3) is 5.40. The van der Waals surface area contributed by atoms with Gasteiger partial charge in [-0.3, -0.25) is 9.59 Å². The van der Waals surface area contributed by atoms with Gasteiger partial charge in [0.2, 0.25) is 10.0 Å². The second kappa shape index (κ2) is 9.92. The fourth-order valence-electron chi connectivity index (χ4n) is 4.41. The van der Waals surface area contributed by atoms with Gasteiger partial charge in [-0.25, -0.2) is 8.42 Å². The van der Waals surface area contributed by atoms with Crippen LogP contribution >= 0.6 is 0 Å². The molecule has 1 aliphatic carbocycles. The molecule has 0 aromatic heterocycles. The zero-order valence-electron chi connectivity index (χ0n) is 17.9. The van der Waals surface area contributed by atoms with Crippen molar-refractivity contribution in [3.63, 3.8) is 0 Å². The van der Waals surface area contributed by atoms with Crippen LogP contribution in [0.3, 0.4) is 0 Å². The van der Waals surface area contributed by atoms with Gasteiger partial charge in [0.05, 0.1) is 4.90 Å². The minimum absolute atomic E-state index is 0.0541. The number of carbonyl (C=O) groups excluding carboxylic acids is 2. The number of hydrogen-bond donors (Lipinski definition) is 2. The fourth-order valence-corrected chi connectivity index (χ4v) is 6.41. The van der Waals surface area contributed by atoms with Crippen molar-refractivity contribution in [1.29, 1.82) is 0 Å². The van der Waals surface area contributed by atoms with Crippen LogP contribution in [-0.4, -0.2) is 49.7 Å². The summed E-state index contributed by atoms with van der Waals surface area (Å²) in [6.07, 6.45) is 7.69. The lowest BCUT2D eigenvalue weighted by atomic mass is 10.1. The normalized spacial score (nSPS) is 21.2. The molecule has 0 spiro atoms. The van der Waals surface area contributed by atoms with Crippen LogP contribution in [0.5, 0.6) is 0 Å². The Hall–Kier alpha value is -1.93. The van der Waals surface area contributed by atoms with Gasteiger partial charge in [-0.15, -0.1) is 0 Å². The van der Waals surface area contributed by atoms with E-state index >= 15 is 0 Å². The Kier molecular flexibility index (Phi) is 7.52. The lowest BCUT2D eigenvalue weighted by molar-refractivity contribution is -0.139. The maximum atomic E-state index is 13.2. The Bertz CT molecular complexity index is 876. The van der Waals surface area contributed by atoms with Crippen molar-refractivity contribution in [2.75, 3.05) is 13.1 Å². The summed E-state index contributed by atoms with van der Waals surface area (Å²) < 4.78 is 27.9. The van der Waals surface area contributed by atoms with Crippen molar-refractivity contribution in [3.05, 3.63) is 29.3 Å². The number of benzene rings is 1. The number of nitrogens with one attached hydrogen (secondary N) is 2. The Labute approximate surface area is 179 Å². The topological polar surface area (TPSA) is 95.6 Å². The van der Waals surface area contributed by atoms with E-state index in [2.05, 4.69) is 10.6 Å². The number of carbonyl (C=O) groups is 2. The minimum atomic E-state index is -3.65. The lowest BCUT2D eigenvalue weighted by Gasteiger charge is -2.25. The first-order valence-corrected chi connectivity index (χ1v) is 12.4. The molecule has 1 aromatic carbocycles. The summed E-state index contributed by atoms with van der Waals surface area (Å²) in [6.45, 7) is 4.22. The molecule has 3 rings (SSSR count). The van der Waals surface area contributed by atoms with Crippen LogP contribution in [0.25, 0.3) is 0 Å². The van der Waals surface area contributed by atoms with Crippen molar-refractivity contribution < 1.29 is 18.0 Å². The third-order valence-corrected chi connectivity index (χ3v) is 8.24. The molecule has 30 heavy (non-hydrogen) atoms. The molecule has 2 fully saturated rings. The number of amides is 2. The summed E-state index contributed by atoms with van der Waals surface area (Å²) in [6, 6.07) is 5.11. The SMILES string of the molecule is Cc1ccc(C)c(S(=O)(=O)N2CCC[C@H]2CNC(=O)C(=O)NC2CCCCCC2)c1. The summed E-state index contributed by atoms with van der Waals surface area (Å²) in [5.74, 6) is -1.31. The monoisotopic (exact) mass is 435 g/mol. The first-order chi connectivity index (χ1) is 14.3. The molecular formula is C22H33N3O4S. The van der Waals surface area contributed by atoms with E-state index in [1.165, 1.54) is 17.1 Å². The fraction of sp³-hybridized carbons (Fsp3) is 0.636. The van der Waals surface area contributed by atoms with Gasteiger partial charge >= 0.3 is 11.8 Å². The highest BCUT2D eigenvalue weighted by atomic mass is 32.2. The molecule has 0 bridgehead atoms. The largest absolute Gasteiger partial charge is 0.346 e. The average molecular weight is 436 g/mol. The molecule has 2 N–H and O–H groups in total. The molecule has 0 unspecified atom stereocenters. The minimum Gasteiger partial charge on any atom is -0.346 e. The van der Waals surface area contributed by atoms with Crippen LogP contribution in [0.2, 0.25) is 0 Å². The first-order valence-electron chi connectivity index (χ1n) is 11.0. The van der Waals surface area contributed by atoms with Crippen molar-refractivity contribution >= 4 is 21.8 Å². The molecule has 166 valence electrons. The molecule has 1 saturated carbocycles. The van der Waals surface area contributed by atoms with E-state index in [1.807, 2.05) is 19.1 Å². The maximum Gasteiger partial charge on any atom is 0.309 e. The zero-order chi connectivity index (χ0) is 21.7. The van der Waals surface area contributed by atoms with E-state index in [4.69, 9.17) is 0 Å². The van der Waals surface area contributed by atoms with Gasteiger partial charge in [0.15, 0.2) is 0 Å². The van der Waals surface area contributed by atoms with Crippen LogP contribution in [0.4, 0.5) is 0 Å². The molecule has 2 amide bonds. The standard InChI is InChI=1S/C22H33N3O4S/c1-16-11-12-17(2)20(14-16)30(28,29)25-13-7-10-19(25)15-23-21(26)22(27)24-18-8-5-3-4-6-9-18/h11-12,14,18-19H,3-10,13,15H2,1-2H3,(H,23,26)(H,24,27)/t19-/m0/s1. The van der Waals surface area contributed by atoms with Gasteiger partial charge in [0.1, 0.15) is 0 Å². The van der Waals surface area contributed by atoms with Gasteiger partial charge in [0, 0.05) is 25.2 Å². The maximum absolute atomic E-state index is 13.2. The molecule has 1 atom stereocenters. The summed E-state index contributed by atoms with van der Waals surface area (Å²) in [7, 11) is -3.65. The molecule has 8 heteroatoms. The highest BCUT2D eigenvalue weighted by Gasteiger charge is 2.36.